The van der Waals surface area contributed by atoms with E-state index in [0.29, 0.717) is 0 Å². The molecule has 0 aliphatic carbocycles. The Hall–Kier alpha value is -4.56. The number of piperidine rings is 1. The second-order valence-corrected chi connectivity index (χ2v) is 8.42. The number of carbonyl (C=O) groups is 2. The average molecular weight is 560 g/mol. The van der Waals surface area contributed by atoms with Crippen LogP contribution in [-0.4, -0.2) is 66.3 Å². The van der Waals surface area contributed by atoms with Gasteiger partial charge in [-0.15, -0.1) is 25.7 Å². The normalized spacial score (nSPS) is 19.1. The van der Waals surface area contributed by atoms with Crippen LogP contribution in [0.5, 0.6) is 0 Å². The molecule has 8 nitrogen and oxygen atoms in total. The van der Waals surface area contributed by atoms with E-state index in [1.54, 1.807) is 24.8 Å². The van der Waals surface area contributed by atoms with Crippen LogP contribution in [0.3, 0.4) is 0 Å². The van der Waals surface area contributed by atoms with E-state index < -0.39 is 36.1 Å². The van der Waals surface area contributed by atoms with E-state index in [9.17, 15) is 23.6 Å². The van der Waals surface area contributed by atoms with Gasteiger partial charge in [0.15, 0.2) is 0 Å². The van der Waals surface area contributed by atoms with Gasteiger partial charge >= 0.3 is 6.09 Å². The Labute approximate surface area is 234 Å². The van der Waals surface area contributed by atoms with Crippen molar-refractivity contribution in [1.82, 2.24) is 20.4 Å². The quantitative estimate of drug-likeness (QED) is 0.305. The number of rotatable bonds is 10. The number of likely N-dealkylation sites (tertiary alicyclic amines) is 1. The Kier molecular flexibility index (Phi) is 15.8. The molecule has 2 N–H and O–H groups in total. The Balaban J connectivity index is 0.00000363. The summed E-state index contributed by atoms with van der Waals surface area (Å²) >= 11 is 0. The first-order chi connectivity index (χ1) is 19.1. The fraction of sp³-hybridized carbons (Fsp3) is 0.414. The van der Waals surface area contributed by atoms with Crippen molar-refractivity contribution >= 4 is 12.0 Å². The standard InChI is InChI=1S/C25H32F3N5O3.2C2H2/c1-5-19(33-15-20(36-24(33)35)14-30-18(4)34)13-22(28)17(3)32-11-8-25(16-29,9-12-32)31-23(6-2)21(27)7-10-26;2*1-2/h5-7,13,20,31H,3,8-12,14-15H2,1-2,4H3,(H,30,34);2*1-2H/b19-5+,21-7+,22-13+,23-6+;;. The molecule has 216 valence electrons. The first kappa shape index (κ1) is 35.4. The van der Waals surface area contributed by atoms with E-state index in [1.807, 2.05) is 0 Å². The molecule has 2 aliphatic heterocycles. The monoisotopic (exact) mass is 559 g/mol. The van der Waals surface area contributed by atoms with Gasteiger partial charge in [0.05, 0.1) is 30.6 Å². The van der Waals surface area contributed by atoms with Crippen LogP contribution in [0.25, 0.3) is 0 Å². The highest BCUT2D eigenvalue weighted by Crippen LogP contribution is 2.29. The number of allylic oxidation sites excluding steroid dienone is 6. The summed E-state index contributed by atoms with van der Waals surface area (Å²) < 4.78 is 46.9. The van der Waals surface area contributed by atoms with E-state index in [4.69, 9.17) is 4.74 Å². The molecule has 2 rings (SSSR count). The van der Waals surface area contributed by atoms with Crippen molar-refractivity contribution in [3.8, 4) is 31.8 Å². The molecule has 0 aromatic heterocycles. The van der Waals surface area contributed by atoms with Gasteiger partial charge in [-0.25, -0.2) is 18.0 Å². The predicted molar refractivity (Wildman–Crippen MR) is 149 cm³/mol. The van der Waals surface area contributed by atoms with Gasteiger partial charge < -0.3 is 20.3 Å². The number of cyclic esters (lactones) is 1. The summed E-state index contributed by atoms with van der Waals surface area (Å²) in [5, 5.41) is 15.2. The minimum Gasteiger partial charge on any atom is -0.442 e. The number of hydrogen-bond donors (Lipinski definition) is 2. The summed E-state index contributed by atoms with van der Waals surface area (Å²) in [4.78, 5) is 26.3. The zero-order chi connectivity index (χ0) is 30.9. The average Bonchev–Trinajstić information content (AvgIpc) is 3.35. The van der Waals surface area contributed by atoms with Crippen LogP contribution in [-0.2, 0) is 9.53 Å². The third-order valence-corrected chi connectivity index (χ3v) is 6.00. The molecule has 2 saturated heterocycles. The number of nitriles is 1. The van der Waals surface area contributed by atoms with Gasteiger partial charge in [0, 0.05) is 38.6 Å². The number of alkyl halides is 1. The lowest BCUT2D eigenvalue weighted by Gasteiger charge is -2.40. The fourth-order valence-corrected chi connectivity index (χ4v) is 3.91. The molecule has 0 bridgehead atoms. The third-order valence-electron chi connectivity index (χ3n) is 6.00. The number of hydrogen-bond acceptors (Lipinski definition) is 6. The molecular formula is C29H36F3N5O3. The topological polar surface area (TPSA) is 97.7 Å². The zero-order valence-corrected chi connectivity index (χ0v) is 23.1. The number of ether oxygens (including phenoxy) is 1. The van der Waals surface area contributed by atoms with Crippen LogP contribution in [0.1, 0.15) is 33.6 Å². The molecule has 2 aliphatic rings. The Bertz CT molecular complexity index is 1100. The van der Waals surface area contributed by atoms with Crippen molar-refractivity contribution in [1.29, 1.82) is 5.26 Å². The lowest BCUT2D eigenvalue weighted by molar-refractivity contribution is -0.119. The smallest absolute Gasteiger partial charge is 0.414 e. The maximum atomic E-state index is 15.1. The predicted octanol–water partition coefficient (Wildman–Crippen LogP) is 4.39. The molecule has 0 spiro atoms. The van der Waals surface area contributed by atoms with Crippen LogP contribution in [0.2, 0.25) is 0 Å². The molecule has 0 aromatic rings. The molecular weight excluding hydrogens is 523 g/mol. The highest BCUT2D eigenvalue weighted by Gasteiger charge is 2.37. The molecule has 2 fully saturated rings. The van der Waals surface area contributed by atoms with E-state index >= 15 is 4.39 Å². The Morgan fingerprint density at radius 1 is 1.20 bits per heavy atom. The summed E-state index contributed by atoms with van der Waals surface area (Å²) in [5.41, 5.74) is -0.712. The molecule has 11 heteroatoms. The maximum absolute atomic E-state index is 15.1. The summed E-state index contributed by atoms with van der Waals surface area (Å²) in [6.07, 6.45) is 20.2. The second kappa shape index (κ2) is 17.9. The molecule has 0 saturated carbocycles. The number of halogens is 3. The van der Waals surface area contributed by atoms with Crippen molar-refractivity contribution in [2.24, 2.45) is 0 Å². The number of carbonyl (C=O) groups excluding carboxylic acids is 2. The van der Waals surface area contributed by atoms with Crippen molar-refractivity contribution in [3.63, 3.8) is 0 Å². The first-order valence-corrected chi connectivity index (χ1v) is 12.2. The minimum atomic E-state index is -1.10. The van der Waals surface area contributed by atoms with E-state index in [2.05, 4.69) is 49.0 Å². The van der Waals surface area contributed by atoms with Gasteiger partial charge in [0.2, 0.25) is 5.91 Å². The summed E-state index contributed by atoms with van der Waals surface area (Å²) in [7, 11) is 0. The Morgan fingerprint density at radius 2 is 1.80 bits per heavy atom. The molecule has 40 heavy (non-hydrogen) atoms. The van der Waals surface area contributed by atoms with Gasteiger partial charge in [-0.1, -0.05) is 18.7 Å². The van der Waals surface area contributed by atoms with Gasteiger partial charge in [-0.3, -0.25) is 9.69 Å². The minimum absolute atomic E-state index is 0.0274. The number of nitrogens with one attached hydrogen (secondary N) is 2. The van der Waals surface area contributed by atoms with Crippen LogP contribution in [0.4, 0.5) is 18.0 Å². The van der Waals surface area contributed by atoms with Crippen molar-refractivity contribution in [2.45, 2.75) is 45.3 Å². The van der Waals surface area contributed by atoms with Crippen LogP contribution >= 0.6 is 0 Å². The fourth-order valence-electron chi connectivity index (χ4n) is 3.91. The summed E-state index contributed by atoms with van der Waals surface area (Å²) in [6.45, 7) is 8.27. The maximum Gasteiger partial charge on any atom is 0.414 e. The van der Waals surface area contributed by atoms with E-state index in [-0.39, 0.29) is 62.0 Å². The van der Waals surface area contributed by atoms with E-state index in [0.717, 1.165) is 6.08 Å². The molecule has 2 amide bonds. The summed E-state index contributed by atoms with van der Waals surface area (Å²) in [6, 6.07) is 2.17. The first-order valence-electron chi connectivity index (χ1n) is 12.2. The number of nitrogens with zero attached hydrogens (tertiary/aromatic N) is 3. The van der Waals surface area contributed by atoms with Crippen LogP contribution < -0.4 is 10.6 Å². The lowest BCUT2D eigenvalue weighted by atomic mass is 9.88. The van der Waals surface area contributed by atoms with E-state index in [1.165, 1.54) is 24.0 Å². The van der Waals surface area contributed by atoms with Crippen LogP contribution in [0, 0.1) is 37.0 Å². The molecule has 0 radical (unpaired) electrons. The SMILES string of the molecule is C#C.C#C.C=C(/C(F)=C\C(=C/C)N1CC(CNC(C)=O)OC1=O)N1CCC(C#N)(NC(=C/C)/C(F)=C\CF)CC1. The van der Waals surface area contributed by atoms with Crippen LogP contribution in [0.15, 0.2) is 59.6 Å². The molecule has 2 heterocycles. The third kappa shape index (κ3) is 9.96. The van der Waals surface area contributed by atoms with Gasteiger partial charge in [-0.05, 0) is 26.0 Å². The van der Waals surface area contributed by atoms with Gasteiger partial charge in [-0.2, -0.15) is 5.26 Å². The second-order valence-electron chi connectivity index (χ2n) is 8.42. The highest BCUT2D eigenvalue weighted by atomic mass is 19.1. The van der Waals surface area contributed by atoms with Crippen molar-refractivity contribution in [3.05, 3.63) is 59.6 Å². The summed E-state index contributed by atoms with van der Waals surface area (Å²) in [5.74, 6) is -1.70. The lowest BCUT2D eigenvalue weighted by Crippen LogP contribution is -2.51. The van der Waals surface area contributed by atoms with Gasteiger partial charge in [0.25, 0.3) is 0 Å². The zero-order valence-electron chi connectivity index (χ0n) is 23.1. The molecule has 1 atom stereocenters. The van der Waals surface area contributed by atoms with Gasteiger partial charge in [0.1, 0.15) is 30.0 Å². The van der Waals surface area contributed by atoms with Crippen molar-refractivity contribution in [2.75, 3.05) is 32.9 Å². The Morgan fingerprint density at radius 3 is 2.27 bits per heavy atom. The highest BCUT2D eigenvalue weighted by molar-refractivity contribution is 5.74. The molecule has 0 aromatic carbocycles. The number of terminal acetylenes is 2. The van der Waals surface area contributed by atoms with Crippen molar-refractivity contribution < 1.29 is 27.5 Å². The molecule has 1 unspecified atom stereocenters. The number of amides is 2. The largest absolute Gasteiger partial charge is 0.442 e.